The van der Waals surface area contributed by atoms with Crippen molar-refractivity contribution in [1.82, 2.24) is 19.9 Å². The molecular weight excluding hydrogens is 727 g/mol. The fourth-order valence-electron chi connectivity index (χ4n) is 6.79. The van der Waals surface area contributed by atoms with Crippen molar-refractivity contribution in [2.45, 2.75) is 39.5 Å². The van der Waals surface area contributed by atoms with Crippen molar-refractivity contribution in [2.75, 3.05) is 22.7 Å². The van der Waals surface area contributed by atoms with Gasteiger partial charge in [0.25, 0.3) is 0 Å². The van der Waals surface area contributed by atoms with E-state index in [-0.39, 0.29) is 47.2 Å². The Hall–Kier alpha value is -6.15. The third-order valence-electron chi connectivity index (χ3n) is 9.36. The van der Waals surface area contributed by atoms with Gasteiger partial charge in [-0.15, -0.1) is 0 Å². The lowest BCUT2D eigenvalue weighted by Gasteiger charge is -2.36. The van der Waals surface area contributed by atoms with Crippen LogP contribution in [0.5, 0.6) is 11.6 Å². The molecule has 7 rings (SSSR count). The lowest BCUT2D eigenvalue weighted by atomic mass is 9.96. The van der Waals surface area contributed by atoms with Crippen molar-refractivity contribution < 1.29 is 31.5 Å². The van der Waals surface area contributed by atoms with Crippen molar-refractivity contribution in [2.24, 2.45) is 5.92 Å². The lowest BCUT2D eigenvalue weighted by Crippen LogP contribution is -2.48. The number of hydrogen-bond donors (Lipinski definition) is 2. The molecule has 11 nitrogen and oxygen atoms in total. The number of nitrogens with zero attached hydrogens (tertiary/aromatic N) is 5. The SMILES string of the molecule is Cc1ccc2c(N(Cc3ccccc3F)[SH](=O)=O)c(F)ccc2c1Oc1ncccc1-c1ccnc(N[C@H]2C[C@@H](C)CN(C(=O)OCc3ccccc3)C2)n1. The monoisotopic (exact) mass is 764 g/mol. The summed E-state index contributed by atoms with van der Waals surface area (Å²) in [5.74, 6) is -0.316. The fraction of sp³-hybridized carbons (Fsp3) is 0.220. The van der Waals surface area contributed by atoms with E-state index in [1.165, 1.54) is 24.3 Å². The maximum absolute atomic E-state index is 15.6. The van der Waals surface area contributed by atoms with E-state index in [0.717, 1.165) is 22.4 Å². The van der Waals surface area contributed by atoms with E-state index in [1.807, 2.05) is 37.3 Å². The number of carbonyl (C=O) groups excluding carboxylic acids is 1. The van der Waals surface area contributed by atoms with Crippen molar-refractivity contribution >= 4 is 39.4 Å². The minimum atomic E-state index is -3.37. The zero-order valence-corrected chi connectivity index (χ0v) is 31.0. The van der Waals surface area contributed by atoms with E-state index in [4.69, 9.17) is 14.5 Å². The van der Waals surface area contributed by atoms with Crippen LogP contribution >= 0.6 is 0 Å². The lowest BCUT2D eigenvalue weighted by molar-refractivity contribution is 0.0783. The minimum absolute atomic E-state index is 0.0928. The zero-order chi connectivity index (χ0) is 38.5. The molecule has 0 radical (unpaired) electrons. The van der Waals surface area contributed by atoms with Gasteiger partial charge in [0.2, 0.25) is 22.7 Å². The summed E-state index contributed by atoms with van der Waals surface area (Å²) >= 11 is 0. The summed E-state index contributed by atoms with van der Waals surface area (Å²) in [6.45, 7) is 4.66. The van der Waals surface area contributed by atoms with Crippen LogP contribution < -0.4 is 14.4 Å². The molecule has 282 valence electrons. The largest absolute Gasteiger partial charge is 0.445 e. The topological polar surface area (TPSA) is 127 Å². The Balaban J connectivity index is 1.14. The number of piperidine rings is 1. The van der Waals surface area contributed by atoms with E-state index < -0.39 is 29.1 Å². The first-order valence-corrected chi connectivity index (χ1v) is 18.8. The van der Waals surface area contributed by atoms with Crippen LogP contribution in [0.4, 0.5) is 25.2 Å². The molecule has 1 N–H and O–H groups in total. The summed E-state index contributed by atoms with van der Waals surface area (Å²) in [5.41, 5.74) is 2.50. The van der Waals surface area contributed by atoms with Crippen molar-refractivity contribution in [3.8, 4) is 22.9 Å². The molecule has 1 amide bonds. The highest BCUT2D eigenvalue weighted by Crippen LogP contribution is 2.41. The summed E-state index contributed by atoms with van der Waals surface area (Å²) in [5, 5.41) is 4.06. The number of likely N-dealkylation sites (tertiary alicyclic amines) is 1. The molecule has 2 aromatic heterocycles. The van der Waals surface area contributed by atoms with E-state index in [2.05, 4.69) is 22.2 Å². The maximum atomic E-state index is 15.6. The molecule has 2 atom stereocenters. The number of aryl methyl sites for hydroxylation is 1. The van der Waals surface area contributed by atoms with Gasteiger partial charge < -0.3 is 19.7 Å². The molecule has 1 aliphatic rings. The van der Waals surface area contributed by atoms with Gasteiger partial charge in [0.15, 0.2) is 0 Å². The quantitative estimate of drug-likeness (QED) is 0.126. The molecule has 0 bridgehead atoms. The number of halogens is 2. The number of aromatic nitrogens is 3. The van der Waals surface area contributed by atoms with Crippen molar-refractivity contribution in [1.29, 1.82) is 0 Å². The van der Waals surface area contributed by atoms with Crippen molar-refractivity contribution in [3.63, 3.8) is 0 Å². The van der Waals surface area contributed by atoms with E-state index in [1.54, 1.807) is 53.7 Å². The maximum Gasteiger partial charge on any atom is 0.410 e. The fourth-order valence-corrected chi connectivity index (χ4v) is 7.42. The van der Waals surface area contributed by atoms with Gasteiger partial charge in [0.1, 0.15) is 24.0 Å². The number of thiol groups is 1. The van der Waals surface area contributed by atoms with Gasteiger partial charge in [-0.1, -0.05) is 67.6 Å². The first kappa shape index (κ1) is 37.2. The van der Waals surface area contributed by atoms with Crippen LogP contribution in [0.15, 0.2) is 109 Å². The third kappa shape index (κ3) is 8.49. The molecule has 0 unspecified atom stereocenters. The van der Waals surface area contributed by atoms with Crippen LogP contribution in [0.2, 0.25) is 0 Å². The molecule has 0 spiro atoms. The van der Waals surface area contributed by atoms with Gasteiger partial charge in [-0.25, -0.2) is 36.9 Å². The Labute approximate surface area is 318 Å². The first-order chi connectivity index (χ1) is 26.6. The highest BCUT2D eigenvalue weighted by atomic mass is 32.2. The summed E-state index contributed by atoms with van der Waals surface area (Å²) in [4.78, 5) is 28.4. The Morgan fingerprint density at radius 1 is 0.891 bits per heavy atom. The van der Waals surface area contributed by atoms with E-state index in [0.29, 0.717) is 47.0 Å². The van der Waals surface area contributed by atoms with Crippen LogP contribution in [0.25, 0.3) is 22.0 Å². The molecular formula is C41H38F2N6O5S. The molecule has 4 aromatic carbocycles. The highest BCUT2D eigenvalue weighted by molar-refractivity contribution is 7.74. The Bertz CT molecular complexity index is 2410. The number of ether oxygens (including phenoxy) is 2. The Morgan fingerprint density at radius 2 is 1.67 bits per heavy atom. The minimum Gasteiger partial charge on any atom is -0.445 e. The van der Waals surface area contributed by atoms with Gasteiger partial charge in [-0.05, 0) is 66.8 Å². The molecule has 3 heterocycles. The number of rotatable bonds is 11. The van der Waals surface area contributed by atoms with Crippen LogP contribution in [0.3, 0.4) is 0 Å². The number of amides is 1. The standard InChI is InChI=1S/C41H38F2N6O5S/c1-26-21-30(24-48(22-26)41(50)53-25-28-9-4-3-5-10-28)46-40-45-20-18-36(47-40)33-12-8-19-44-39(33)54-38-27(2)14-15-31-32(38)16-17-35(43)37(31)49(55(51)52)23-29-11-6-7-13-34(29)42/h3-20,26,30,55H,21-25H2,1-2H3,(H,45,46,47)/t26-,30+/m1/s1. The first-order valence-electron chi connectivity index (χ1n) is 17.7. The van der Waals surface area contributed by atoms with Crippen molar-refractivity contribution in [3.05, 3.63) is 138 Å². The van der Waals surface area contributed by atoms with Gasteiger partial charge in [-0.2, -0.15) is 0 Å². The molecule has 14 heteroatoms. The molecule has 1 saturated heterocycles. The molecule has 55 heavy (non-hydrogen) atoms. The van der Waals surface area contributed by atoms with Crippen LogP contribution in [-0.2, 0) is 28.8 Å². The number of benzene rings is 4. The summed E-state index contributed by atoms with van der Waals surface area (Å²) in [7, 11) is -3.37. The van der Waals surface area contributed by atoms with Crippen LogP contribution in [0.1, 0.15) is 30.0 Å². The van der Waals surface area contributed by atoms with Crippen LogP contribution in [0, 0.1) is 24.5 Å². The number of carbonyl (C=O) groups is 1. The predicted molar refractivity (Wildman–Crippen MR) is 206 cm³/mol. The number of hydrogen-bond acceptors (Lipinski definition) is 9. The summed E-state index contributed by atoms with van der Waals surface area (Å²) < 4.78 is 68.1. The molecule has 0 saturated carbocycles. The molecule has 6 aromatic rings. The van der Waals surface area contributed by atoms with E-state index >= 15 is 4.39 Å². The molecule has 1 fully saturated rings. The van der Waals surface area contributed by atoms with Gasteiger partial charge in [-0.3, -0.25) is 4.31 Å². The normalized spacial score (nSPS) is 15.5. The highest BCUT2D eigenvalue weighted by Gasteiger charge is 2.30. The third-order valence-corrected chi connectivity index (χ3v) is 10.1. The van der Waals surface area contributed by atoms with E-state index in [9.17, 15) is 17.6 Å². The second-order valence-electron chi connectivity index (χ2n) is 13.4. The average Bonchev–Trinajstić information content (AvgIpc) is 3.18. The Kier molecular flexibility index (Phi) is 11.1. The number of fused-ring (bicyclic) bond motifs is 1. The second-order valence-corrected chi connectivity index (χ2v) is 14.4. The van der Waals surface area contributed by atoms with Gasteiger partial charge >= 0.3 is 6.09 Å². The summed E-state index contributed by atoms with van der Waals surface area (Å²) in [6, 6.07) is 26.4. The number of pyridine rings is 1. The van der Waals surface area contributed by atoms with Gasteiger partial charge in [0, 0.05) is 47.9 Å². The smallest absolute Gasteiger partial charge is 0.410 e. The molecule has 0 aliphatic carbocycles. The number of anilines is 2. The van der Waals surface area contributed by atoms with Crippen LogP contribution in [-0.4, -0.2) is 53.5 Å². The zero-order valence-electron chi connectivity index (χ0n) is 30.1. The summed E-state index contributed by atoms with van der Waals surface area (Å²) in [6.07, 6.45) is 3.59. The molecule has 1 aliphatic heterocycles. The predicted octanol–water partition coefficient (Wildman–Crippen LogP) is 8.06. The Morgan fingerprint density at radius 3 is 2.47 bits per heavy atom. The van der Waals surface area contributed by atoms with Gasteiger partial charge in [0.05, 0.1) is 23.5 Å². The average molecular weight is 765 g/mol. The second kappa shape index (κ2) is 16.5. The number of nitrogens with one attached hydrogen (secondary N) is 1.